The molecule has 6 heteroatoms. The lowest BCUT2D eigenvalue weighted by atomic mass is 10.00. The molecule has 0 bridgehead atoms. The molecule has 0 radical (unpaired) electrons. The van der Waals surface area contributed by atoms with Crippen molar-refractivity contribution in [2.45, 2.75) is 26.4 Å². The summed E-state index contributed by atoms with van der Waals surface area (Å²) in [6.07, 6.45) is -0.261. The number of rotatable bonds is 3. The van der Waals surface area contributed by atoms with Crippen molar-refractivity contribution in [2.75, 3.05) is 31.1 Å². The second-order valence-electron chi connectivity index (χ2n) is 7.85. The van der Waals surface area contributed by atoms with Gasteiger partial charge in [0.15, 0.2) is 0 Å². The van der Waals surface area contributed by atoms with E-state index in [2.05, 4.69) is 20.8 Å². The summed E-state index contributed by atoms with van der Waals surface area (Å²) in [7, 11) is 0. The second-order valence-corrected chi connectivity index (χ2v) is 8.77. The number of anilines is 1. The highest BCUT2D eigenvalue weighted by molar-refractivity contribution is 9.10. The minimum atomic E-state index is -0.486. The van der Waals surface area contributed by atoms with E-state index in [9.17, 15) is 4.79 Å². The highest BCUT2D eigenvalue weighted by Gasteiger charge is 2.27. The van der Waals surface area contributed by atoms with Crippen molar-refractivity contribution in [2.24, 2.45) is 0 Å². The summed E-state index contributed by atoms with van der Waals surface area (Å²) in [5.41, 5.74) is 2.82. The first-order valence-electron chi connectivity index (χ1n) is 9.41. The number of nitrogens with one attached hydrogen (secondary N) is 1. The average molecular weight is 444 g/mol. The Morgan fingerprint density at radius 3 is 2.21 bits per heavy atom. The van der Waals surface area contributed by atoms with Crippen LogP contribution in [0.4, 0.5) is 10.5 Å². The molecule has 1 N–H and O–H groups in total. The van der Waals surface area contributed by atoms with Crippen molar-refractivity contribution in [3.8, 4) is 0 Å². The number of piperazine rings is 1. The summed E-state index contributed by atoms with van der Waals surface area (Å²) >= 11 is 3.44. The molecular formula is C22H26BrN3O2. The molecule has 0 saturated carbocycles. The summed E-state index contributed by atoms with van der Waals surface area (Å²) in [6, 6.07) is 15.8. The number of hydrogen-bond acceptors (Lipinski definition) is 4. The van der Waals surface area contributed by atoms with Gasteiger partial charge in [0, 0.05) is 47.5 Å². The number of amides is 1. The zero-order valence-electron chi connectivity index (χ0n) is 16.5. The molecule has 1 aliphatic rings. The molecule has 0 atom stereocenters. The van der Waals surface area contributed by atoms with Crippen molar-refractivity contribution < 1.29 is 9.53 Å². The van der Waals surface area contributed by atoms with Gasteiger partial charge in [-0.15, -0.1) is 0 Å². The second kappa shape index (κ2) is 8.35. The first-order valence-corrected chi connectivity index (χ1v) is 10.2. The van der Waals surface area contributed by atoms with Gasteiger partial charge >= 0.3 is 6.09 Å². The number of para-hydroxylation sites is 1. The van der Waals surface area contributed by atoms with Gasteiger partial charge in [0.1, 0.15) is 5.60 Å². The minimum Gasteiger partial charge on any atom is -0.444 e. The maximum atomic E-state index is 12.3. The van der Waals surface area contributed by atoms with Crippen molar-refractivity contribution in [3.05, 3.63) is 64.1 Å². The minimum absolute atomic E-state index is 0.261. The first kappa shape index (κ1) is 20.4. The molecule has 0 unspecified atom stereocenters. The Bertz CT molecular complexity index is 851. The fraction of sp³-hybridized carbons (Fsp3) is 0.364. The van der Waals surface area contributed by atoms with Gasteiger partial charge in [-0.05, 0) is 39.0 Å². The molecule has 28 heavy (non-hydrogen) atoms. The fourth-order valence-electron chi connectivity index (χ4n) is 3.19. The van der Waals surface area contributed by atoms with Crippen molar-refractivity contribution >= 4 is 33.4 Å². The molecule has 0 spiro atoms. The SMILES string of the molecule is CC(C)(C)OC(=O)N1CCN(c2ccccc2C(=N)c2ccc(Br)cc2)CC1. The van der Waals surface area contributed by atoms with Crippen molar-refractivity contribution in [3.63, 3.8) is 0 Å². The van der Waals surface area contributed by atoms with E-state index in [1.807, 2.05) is 69.3 Å². The smallest absolute Gasteiger partial charge is 0.410 e. The fourth-order valence-corrected chi connectivity index (χ4v) is 3.45. The van der Waals surface area contributed by atoms with Crippen LogP contribution in [0.5, 0.6) is 0 Å². The molecule has 0 aromatic heterocycles. The number of halogens is 1. The van der Waals surface area contributed by atoms with Gasteiger partial charge in [0.25, 0.3) is 0 Å². The molecule has 1 saturated heterocycles. The van der Waals surface area contributed by atoms with Crippen LogP contribution in [0.2, 0.25) is 0 Å². The number of nitrogens with zero attached hydrogens (tertiary/aromatic N) is 2. The molecule has 3 rings (SSSR count). The standard InChI is InChI=1S/C22H26BrN3O2/c1-22(2,3)28-21(27)26-14-12-25(13-15-26)19-7-5-4-6-18(19)20(24)16-8-10-17(23)11-9-16/h4-11,24H,12-15H2,1-3H3. The highest BCUT2D eigenvalue weighted by Crippen LogP contribution is 2.25. The normalized spacial score (nSPS) is 14.7. The topological polar surface area (TPSA) is 56.6 Å². The Morgan fingerprint density at radius 2 is 1.61 bits per heavy atom. The quantitative estimate of drug-likeness (QED) is 0.684. The van der Waals surface area contributed by atoms with Gasteiger partial charge < -0.3 is 14.5 Å². The summed E-state index contributed by atoms with van der Waals surface area (Å²) < 4.78 is 6.47. The summed E-state index contributed by atoms with van der Waals surface area (Å²) in [4.78, 5) is 16.3. The third kappa shape index (κ3) is 4.93. The zero-order valence-corrected chi connectivity index (χ0v) is 18.1. The van der Waals surface area contributed by atoms with Crippen LogP contribution in [0.3, 0.4) is 0 Å². The molecule has 1 fully saturated rings. The molecule has 2 aromatic carbocycles. The molecule has 5 nitrogen and oxygen atoms in total. The largest absolute Gasteiger partial charge is 0.444 e. The summed E-state index contributed by atoms with van der Waals surface area (Å²) in [5, 5.41) is 8.68. The third-order valence-corrected chi connectivity index (χ3v) is 5.11. The maximum absolute atomic E-state index is 12.3. The van der Waals surface area contributed by atoms with Gasteiger partial charge in [-0.25, -0.2) is 4.79 Å². The average Bonchev–Trinajstić information content (AvgIpc) is 2.67. The van der Waals surface area contributed by atoms with Gasteiger partial charge in [-0.1, -0.05) is 46.3 Å². The summed E-state index contributed by atoms with van der Waals surface area (Å²) in [5.74, 6) is 0. The molecule has 1 amide bonds. The van der Waals surface area contributed by atoms with Crippen LogP contribution < -0.4 is 4.90 Å². The van der Waals surface area contributed by atoms with Crippen molar-refractivity contribution in [1.29, 1.82) is 5.41 Å². The van der Waals surface area contributed by atoms with Crippen LogP contribution in [0.25, 0.3) is 0 Å². The van der Waals surface area contributed by atoms with Crippen LogP contribution in [0.1, 0.15) is 31.9 Å². The molecule has 1 aliphatic heterocycles. The highest BCUT2D eigenvalue weighted by atomic mass is 79.9. The number of ether oxygens (including phenoxy) is 1. The van der Waals surface area contributed by atoms with E-state index in [1.54, 1.807) is 4.90 Å². The molecular weight excluding hydrogens is 418 g/mol. The lowest BCUT2D eigenvalue weighted by molar-refractivity contribution is 0.0240. The van der Waals surface area contributed by atoms with Crippen LogP contribution in [-0.4, -0.2) is 48.5 Å². The Kier molecular flexibility index (Phi) is 6.08. The third-order valence-electron chi connectivity index (χ3n) is 4.58. The van der Waals surface area contributed by atoms with Crippen LogP contribution in [-0.2, 0) is 4.74 Å². The molecule has 148 valence electrons. The van der Waals surface area contributed by atoms with Crippen LogP contribution in [0.15, 0.2) is 53.0 Å². The van der Waals surface area contributed by atoms with Gasteiger partial charge in [0.05, 0.1) is 5.71 Å². The molecule has 2 aromatic rings. The Morgan fingerprint density at radius 1 is 1.00 bits per heavy atom. The van der Waals surface area contributed by atoms with E-state index in [0.29, 0.717) is 31.9 Å². The number of benzene rings is 2. The predicted molar refractivity (Wildman–Crippen MR) is 117 cm³/mol. The lowest BCUT2D eigenvalue weighted by Crippen LogP contribution is -2.50. The first-order chi connectivity index (χ1) is 13.2. The number of carbonyl (C=O) groups is 1. The van der Waals surface area contributed by atoms with Crippen LogP contribution >= 0.6 is 15.9 Å². The van der Waals surface area contributed by atoms with E-state index in [4.69, 9.17) is 10.1 Å². The Balaban J connectivity index is 1.73. The van der Waals surface area contributed by atoms with Gasteiger partial charge in [-0.2, -0.15) is 0 Å². The molecule has 1 heterocycles. The van der Waals surface area contributed by atoms with E-state index >= 15 is 0 Å². The lowest BCUT2D eigenvalue weighted by Gasteiger charge is -2.37. The molecule has 0 aliphatic carbocycles. The van der Waals surface area contributed by atoms with E-state index < -0.39 is 5.60 Å². The Labute approximate surface area is 174 Å². The van der Waals surface area contributed by atoms with Gasteiger partial charge in [0.2, 0.25) is 0 Å². The predicted octanol–water partition coefficient (Wildman–Crippen LogP) is 4.92. The van der Waals surface area contributed by atoms with E-state index in [-0.39, 0.29) is 6.09 Å². The van der Waals surface area contributed by atoms with E-state index in [0.717, 1.165) is 21.3 Å². The zero-order chi connectivity index (χ0) is 20.3. The monoisotopic (exact) mass is 443 g/mol. The number of hydrogen-bond donors (Lipinski definition) is 1. The van der Waals surface area contributed by atoms with Crippen LogP contribution in [0, 0.1) is 5.41 Å². The number of carbonyl (C=O) groups excluding carboxylic acids is 1. The van der Waals surface area contributed by atoms with Gasteiger partial charge in [-0.3, -0.25) is 5.41 Å². The Hall–Kier alpha value is -2.34. The maximum Gasteiger partial charge on any atom is 0.410 e. The summed E-state index contributed by atoms with van der Waals surface area (Å²) in [6.45, 7) is 8.28. The van der Waals surface area contributed by atoms with E-state index in [1.165, 1.54) is 0 Å². The van der Waals surface area contributed by atoms with Crippen molar-refractivity contribution in [1.82, 2.24) is 4.90 Å².